The quantitative estimate of drug-likeness (QED) is 0.0674. The van der Waals surface area contributed by atoms with Gasteiger partial charge in [0.05, 0.1) is 18.5 Å². The van der Waals surface area contributed by atoms with Gasteiger partial charge in [-0.25, -0.2) is 0 Å². The Hall–Kier alpha value is 0.215. The van der Waals surface area contributed by atoms with Crippen molar-refractivity contribution in [2.45, 2.75) is 136 Å². The lowest BCUT2D eigenvalue weighted by molar-refractivity contribution is 0.368. The van der Waals surface area contributed by atoms with Gasteiger partial charge in [0.15, 0.2) is 0 Å². The molecule has 0 heterocycles. The van der Waals surface area contributed by atoms with Crippen LogP contribution in [0.25, 0.3) is 0 Å². The van der Waals surface area contributed by atoms with Gasteiger partial charge in [-0.3, -0.25) is 0 Å². The van der Waals surface area contributed by atoms with Crippen LogP contribution >= 0.6 is 7.26 Å². The molecule has 0 aromatic heterocycles. The zero-order valence-corrected chi connectivity index (χ0v) is 22.3. The highest BCUT2D eigenvalue weighted by Crippen LogP contribution is 2.57. The summed E-state index contributed by atoms with van der Waals surface area (Å²) in [5.74, 6) is 0. The van der Waals surface area contributed by atoms with Crippen LogP contribution in [0.1, 0.15) is 136 Å². The van der Waals surface area contributed by atoms with Crippen LogP contribution in [-0.4, -0.2) is 32.4 Å². The number of halogens is 4. The Labute approximate surface area is 193 Å². The average Bonchev–Trinajstić information content (AvgIpc) is 2.69. The van der Waals surface area contributed by atoms with Gasteiger partial charge in [0.25, 0.3) is 0 Å². The third-order valence-corrected chi connectivity index (χ3v) is 10.3. The van der Waals surface area contributed by atoms with Crippen molar-refractivity contribution in [1.29, 1.82) is 0 Å². The molecule has 6 heteroatoms. The average molecular weight is 472 g/mol. The van der Waals surface area contributed by atoms with Gasteiger partial charge in [0.1, 0.15) is 0 Å². The van der Waals surface area contributed by atoms with E-state index in [1.807, 2.05) is 0 Å². The number of unbranched alkanes of at least 4 members (excludes halogenated alkanes) is 15. The molecule has 0 unspecified atom stereocenters. The van der Waals surface area contributed by atoms with E-state index in [4.69, 9.17) is 0 Å². The minimum Gasteiger partial charge on any atom is -0.418 e. The van der Waals surface area contributed by atoms with Crippen LogP contribution in [0.5, 0.6) is 0 Å². The molecule has 0 saturated carbocycles. The Balaban J connectivity index is 0. The van der Waals surface area contributed by atoms with Gasteiger partial charge in [-0.15, -0.1) is 0 Å². The predicted octanol–water partition coefficient (Wildman–Crippen LogP) is 11.0. The van der Waals surface area contributed by atoms with Crippen molar-refractivity contribution in [2.24, 2.45) is 0 Å². The van der Waals surface area contributed by atoms with Crippen molar-refractivity contribution in [1.82, 2.24) is 0 Å². The Bertz CT molecular complexity index is 304. The van der Waals surface area contributed by atoms with Crippen molar-refractivity contribution in [3.8, 4) is 0 Å². The minimum atomic E-state index is -6.00. The second-order valence-electron chi connectivity index (χ2n) is 9.59. The summed E-state index contributed by atoms with van der Waals surface area (Å²) in [6, 6.07) is 0. The largest absolute Gasteiger partial charge is 0.673 e. The smallest absolute Gasteiger partial charge is 0.418 e. The van der Waals surface area contributed by atoms with Gasteiger partial charge in [0.2, 0.25) is 0 Å². The molecule has 0 nitrogen and oxygen atoms in total. The second-order valence-corrected chi connectivity index (χ2v) is 14.2. The Kier molecular flexibility index (Phi) is 25.2. The highest BCUT2D eigenvalue weighted by Gasteiger charge is 2.29. The maximum Gasteiger partial charge on any atom is 0.673 e. The fraction of sp³-hybridized carbons (Fsp3) is 1.00. The first-order valence-electron chi connectivity index (χ1n) is 13.4. The third kappa shape index (κ3) is 32.5. The molecule has 0 atom stereocenters. The van der Waals surface area contributed by atoms with E-state index in [1.54, 1.807) is 18.5 Å². The van der Waals surface area contributed by atoms with Gasteiger partial charge < -0.3 is 17.3 Å². The summed E-state index contributed by atoms with van der Waals surface area (Å²) in [5, 5.41) is 0. The Morgan fingerprint density at radius 3 is 0.839 bits per heavy atom. The van der Waals surface area contributed by atoms with Gasteiger partial charge in [0, 0.05) is 13.9 Å². The first-order chi connectivity index (χ1) is 14.7. The molecule has 0 saturated heterocycles. The van der Waals surface area contributed by atoms with Crippen LogP contribution in [0.15, 0.2) is 0 Å². The molecule has 31 heavy (non-hydrogen) atoms. The lowest BCUT2D eigenvalue weighted by atomic mass is 10.1. The zero-order chi connectivity index (χ0) is 23.8. The molecule has 0 fully saturated rings. The highest BCUT2D eigenvalue weighted by atomic mass is 31.2. The summed E-state index contributed by atoms with van der Waals surface area (Å²) in [5.41, 5.74) is 0. The molecule has 0 bridgehead atoms. The van der Waals surface area contributed by atoms with Crippen LogP contribution in [0.2, 0.25) is 0 Å². The van der Waals surface area contributed by atoms with E-state index in [1.165, 1.54) is 116 Å². The lowest BCUT2D eigenvalue weighted by Crippen LogP contribution is -2.08. The SMILES string of the molecule is CCCCCCCC[P+](C)(CCCCCCCC)CCCCCCCC.F[B-](F)(F)F. The molecule has 0 spiro atoms. The molecule has 190 valence electrons. The Morgan fingerprint density at radius 1 is 0.419 bits per heavy atom. The van der Waals surface area contributed by atoms with Crippen molar-refractivity contribution in [3.05, 3.63) is 0 Å². The van der Waals surface area contributed by atoms with E-state index in [9.17, 15) is 17.3 Å². The molecular formula is C25H54BF4P. The number of hydrogen-bond acceptors (Lipinski definition) is 0. The van der Waals surface area contributed by atoms with Crippen molar-refractivity contribution in [3.63, 3.8) is 0 Å². The number of rotatable bonds is 21. The molecule has 0 aliphatic rings. The second kappa shape index (κ2) is 23.4. The number of hydrogen-bond donors (Lipinski definition) is 0. The van der Waals surface area contributed by atoms with Crippen LogP contribution in [0.3, 0.4) is 0 Å². The molecular weight excluding hydrogens is 418 g/mol. The molecule has 0 aromatic rings. The van der Waals surface area contributed by atoms with Crippen LogP contribution < -0.4 is 0 Å². The van der Waals surface area contributed by atoms with E-state index in [0.29, 0.717) is 0 Å². The maximum atomic E-state index is 9.75. The van der Waals surface area contributed by atoms with E-state index < -0.39 is 14.5 Å². The monoisotopic (exact) mass is 472 g/mol. The van der Waals surface area contributed by atoms with E-state index in [-0.39, 0.29) is 0 Å². The zero-order valence-electron chi connectivity index (χ0n) is 21.4. The predicted molar refractivity (Wildman–Crippen MR) is 138 cm³/mol. The van der Waals surface area contributed by atoms with Gasteiger partial charge in [-0.2, -0.15) is 0 Å². The van der Waals surface area contributed by atoms with Crippen LogP contribution in [-0.2, 0) is 0 Å². The molecule has 0 rings (SSSR count). The molecule has 0 N–H and O–H groups in total. The normalized spacial score (nSPS) is 12.0. The van der Waals surface area contributed by atoms with Crippen LogP contribution in [0.4, 0.5) is 17.3 Å². The Morgan fingerprint density at radius 2 is 0.613 bits per heavy atom. The summed E-state index contributed by atoms with van der Waals surface area (Å²) in [4.78, 5) is 0. The highest BCUT2D eigenvalue weighted by molar-refractivity contribution is 7.75. The summed E-state index contributed by atoms with van der Waals surface area (Å²) in [6.45, 7) is 9.70. The van der Waals surface area contributed by atoms with E-state index >= 15 is 0 Å². The third-order valence-electron chi connectivity index (χ3n) is 6.15. The van der Waals surface area contributed by atoms with Gasteiger partial charge >= 0.3 is 7.25 Å². The van der Waals surface area contributed by atoms with Crippen molar-refractivity contribution >= 4 is 14.5 Å². The lowest BCUT2D eigenvalue weighted by Gasteiger charge is -2.24. The van der Waals surface area contributed by atoms with E-state index in [0.717, 1.165) is 0 Å². The molecule has 0 radical (unpaired) electrons. The maximum absolute atomic E-state index is 9.75. The fourth-order valence-electron chi connectivity index (χ4n) is 4.16. The van der Waals surface area contributed by atoms with Crippen LogP contribution in [0, 0.1) is 0 Å². The molecule has 0 aliphatic carbocycles. The summed E-state index contributed by atoms with van der Waals surface area (Å²) >= 11 is 0. The summed E-state index contributed by atoms with van der Waals surface area (Å²) in [7, 11) is -6.64. The topological polar surface area (TPSA) is 0 Å². The first kappa shape index (κ1) is 33.4. The van der Waals surface area contributed by atoms with Gasteiger partial charge in [-0.05, 0) is 38.5 Å². The van der Waals surface area contributed by atoms with E-state index in [2.05, 4.69) is 27.4 Å². The fourth-order valence-corrected chi connectivity index (χ4v) is 7.79. The minimum absolute atomic E-state index is 0.636. The summed E-state index contributed by atoms with van der Waals surface area (Å²) < 4.78 is 39.0. The molecule has 0 aliphatic heterocycles. The van der Waals surface area contributed by atoms with Gasteiger partial charge in [-0.1, -0.05) is 97.8 Å². The molecule has 0 aromatic carbocycles. The first-order valence-corrected chi connectivity index (χ1v) is 16.2. The standard InChI is InChI=1S/C25H54P.BF4/c1-5-8-11-14-17-20-23-26(4,24-21-18-15-12-9-6-2)25-22-19-16-13-10-7-3;2-1(3,4)5/h5-25H2,1-4H3;/q+1;-1. The summed E-state index contributed by atoms with van der Waals surface area (Å²) in [6.07, 6.45) is 31.2. The molecule has 0 amide bonds. The van der Waals surface area contributed by atoms with Crippen molar-refractivity contribution in [2.75, 3.05) is 25.2 Å². The van der Waals surface area contributed by atoms with Crippen molar-refractivity contribution < 1.29 is 17.3 Å².